The largest absolute Gasteiger partial charge is 0.457 e. The van der Waals surface area contributed by atoms with Crippen LogP contribution in [0.4, 0.5) is 19.1 Å². The SMILES string of the molecule is O=c1cc(C(F)(F)F)nc2nc(NCc3ccc(Oc4ccncc4)cc3)[nH]n12. The predicted molar refractivity (Wildman–Crippen MR) is 96.7 cm³/mol. The zero-order valence-electron chi connectivity index (χ0n) is 14.6. The molecule has 148 valence electrons. The lowest BCUT2D eigenvalue weighted by molar-refractivity contribution is -0.141. The summed E-state index contributed by atoms with van der Waals surface area (Å²) in [5.41, 5.74) is -1.32. The van der Waals surface area contributed by atoms with Gasteiger partial charge >= 0.3 is 6.18 Å². The Kier molecular flexibility index (Phi) is 4.63. The summed E-state index contributed by atoms with van der Waals surface area (Å²) in [6, 6.07) is 11.1. The number of hydrogen-bond acceptors (Lipinski definition) is 6. The number of fused-ring (bicyclic) bond motifs is 1. The van der Waals surface area contributed by atoms with Crippen molar-refractivity contribution in [1.29, 1.82) is 0 Å². The molecule has 2 N–H and O–H groups in total. The molecule has 0 spiro atoms. The van der Waals surface area contributed by atoms with Crippen LogP contribution < -0.4 is 15.6 Å². The molecule has 0 amide bonds. The Morgan fingerprint density at radius 1 is 1.03 bits per heavy atom. The molecule has 0 fully saturated rings. The highest BCUT2D eigenvalue weighted by atomic mass is 19.4. The third-order valence-corrected chi connectivity index (χ3v) is 3.89. The van der Waals surface area contributed by atoms with Crippen LogP contribution in [0.25, 0.3) is 5.78 Å². The summed E-state index contributed by atoms with van der Waals surface area (Å²) in [6.45, 7) is 0.316. The maximum absolute atomic E-state index is 12.8. The molecule has 0 aliphatic carbocycles. The Bertz CT molecular complexity index is 1190. The minimum Gasteiger partial charge on any atom is -0.457 e. The van der Waals surface area contributed by atoms with Crippen LogP contribution in [0.1, 0.15) is 11.3 Å². The van der Waals surface area contributed by atoms with E-state index in [0.717, 1.165) is 10.1 Å². The van der Waals surface area contributed by atoms with Crippen molar-refractivity contribution in [3.05, 3.63) is 76.5 Å². The summed E-state index contributed by atoms with van der Waals surface area (Å²) in [6.07, 6.45) is -1.47. The van der Waals surface area contributed by atoms with Crippen molar-refractivity contribution in [2.24, 2.45) is 0 Å². The minimum absolute atomic E-state index is 0.117. The van der Waals surface area contributed by atoms with Crippen molar-refractivity contribution < 1.29 is 17.9 Å². The lowest BCUT2D eigenvalue weighted by Crippen LogP contribution is -2.20. The molecule has 0 saturated carbocycles. The summed E-state index contributed by atoms with van der Waals surface area (Å²) in [4.78, 5) is 23.0. The van der Waals surface area contributed by atoms with E-state index >= 15 is 0 Å². The van der Waals surface area contributed by atoms with Crippen LogP contribution in [0.2, 0.25) is 0 Å². The van der Waals surface area contributed by atoms with Crippen molar-refractivity contribution >= 4 is 11.7 Å². The van der Waals surface area contributed by atoms with E-state index in [-0.39, 0.29) is 11.7 Å². The molecule has 0 unspecified atom stereocenters. The zero-order chi connectivity index (χ0) is 20.4. The highest BCUT2D eigenvalue weighted by Gasteiger charge is 2.33. The van der Waals surface area contributed by atoms with Crippen LogP contribution in [0.3, 0.4) is 0 Å². The smallest absolute Gasteiger partial charge is 0.433 e. The second-order valence-corrected chi connectivity index (χ2v) is 5.97. The fourth-order valence-electron chi connectivity index (χ4n) is 2.51. The van der Waals surface area contributed by atoms with Crippen LogP contribution in [-0.2, 0) is 12.7 Å². The van der Waals surface area contributed by atoms with Gasteiger partial charge in [-0.25, -0.2) is 4.98 Å². The molecule has 4 aromatic rings. The number of benzene rings is 1. The number of H-pyrrole nitrogens is 1. The molecule has 4 rings (SSSR count). The fraction of sp³-hybridized carbons (Fsp3) is 0.111. The average molecular weight is 402 g/mol. The van der Waals surface area contributed by atoms with Crippen molar-refractivity contribution in [3.63, 3.8) is 0 Å². The maximum atomic E-state index is 12.8. The molecule has 0 atom stereocenters. The standard InChI is InChI=1S/C18H13F3N6O2/c19-18(20,21)14-9-15(28)27-17(24-14)25-16(26-27)23-10-11-1-3-12(4-2-11)29-13-5-7-22-8-6-13/h1-9H,10H2,(H2,23,24,25,26). The van der Waals surface area contributed by atoms with Gasteiger partial charge in [0, 0.05) is 25.0 Å². The zero-order valence-corrected chi connectivity index (χ0v) is 14.6. The van der Waals surface area contributed by atoms with E-state index in [9.17, 15) is 18.0 Å². The Hall–Kier alpha value is -3.89. The number of nitrogens with zero attached hydrogens (tertiary/aromatic N) is 4. The van der Waals surface area contributed by atoms with Crippen LogP contribution in [0.5, 0.6) is 11.5 Å². The predicted octanol–water partition coefficient (Wildman–Crippen LogP) is 3.24. The minimum atomic E-state index is -4.72. The van der Waals surface area contributed by atoms with E-state index < -0.39 is 17.4 Å². The van der Waals surface area contributed by atoms with Gasteiger partial charge in [0.1, 0.15) is 11.5 Å². The highest BCUT2D eigenvalue weighted by Crippen LogP contribution is 2.26. The lowest BCUT2D eigenvalue weighted by Gasteiger charge is -2.07. The quantitative estimate of drug-likeness (QED) is 0.532. The molecule has 3 heterocycles. The molecule has 0 bridgehead atoms. The molecule has 1 aromatic carbocycles. The number of alkyl halides is 3. The van der Waals surface area contributed by atoms with Gasteiger partial charge in [-0.2, -0.15) is 22.7 Å². The molecule has 8 nitrogen and oxygen atoms in total. The van der Waals surface area contributed by atoms with Crippen molar-refractivity contribution in [1.82, 2.24) is 24.6 Å². The molecule has 0 aliphatic rings. The topological polar surface area (TPSA) is 97.2 Å². The van der Waals surface area contributed by atoms with E-state index in [4.69, 9.17) is 4.74 Å². The van der Waals surface area contributed by atoms with Gasteiger partial charge in [0.25, 0.3) is 11.3 Å². The number of anilines is 1. The Morgan fingerprint density at radius 2 is 1.72 bits per heavy atom. The number of halogens is 3. The first kappa shape index (κ1) is 18.5. The fourth-order valence-corrected chi connectivity index (χ4v) is 2.51. The summed E-state index contributed by atoms with van der Waals surface area (Å²) >= 11 is 0. The third-order valence-electron chi connectivity index (χ3n) is 3.89. The summed E-state index contributed by atoms with van der Waals surface area (Å²) < 4.78 is 44.8. The number of nitrogens with one attached hydrogen (secondary N) is 2. The van der Waals surface area contributed by atoms with Gasteiger partial charge in [0.05, 0.1) is 0 Å². The van der Waals surface area contributed by atoms with E-state index in [1.165, 1.54) is 0 Å². The molecular weight excluding hydrogens is 389 g/mol. The third kappa shape index (κ3) is 4.18. The molecule has 29 heavy (non-hydrogen) atoms. The number of rotatable bonds is 5. The van der Waals surface area contributed by atoms with Gasteiger partial charge in [-0.05, 0) is 29.8 Å². The van der Waals surface area contributed by atoms with Gasteiger partial charge in [0.2, 0.25) is 5.95 Å². The normalized spacial score (nSPS) is 11.6. The van der Waals surface area contributed by atoms with Gasteiger partial charge in [-0.3, -0.25) is 14.9 Å². The second-order valence-electron chi connectivity index (χ2n) is 5.97. The number of pyridine rings is 1. The van der Waals surface area contributed by atoms with Crippen molar-refractivity contribution in [2.45, 2.75) is 12.7 Å². The number of hydrogen-bond donors (Lipinski definition) is 2. The maximum Gasteiger partial charge on any atom is 0.433 e. The summed E-state index contributed by atoms with van der Waals surface area (Å²) in [5, 5.41) is 5.49. The van der Waals surface area contributed by atoms with Gasteiger partial charge < -0.3 is 10.1 Å². The molecule has 3 aromatic heterocycles. The Morgan fingerprint density at radius 3 is 2.41 bits per heavy atom. The van der Waals surface area contributed by atoms with Crippen LogP contribution in [0.15, 0.2) is 59.7 Å². The van der Waals surface area contributed by atoms with E-state index in [1.807, 2.05) is 12.1 Å². The number of aromatic amines is 1. The first-order chi connectivity index (χ1) is 13.9. The molecule has 0 radical (unpaired) electrons. The van der Waals surface area contributed by atoms with Gasteiger partial charge in [0.15, 0.2) is 5.69 Å². The van der Waals surface area contributed by atoms with Crippen LogP contribution >= 0.6 is 0 Å². The van der Waals surface area contributed by atoms with Crippen LogP contribution in [0, 0.1) is 0 Å². The molecule has 11 heteroatoms. The Labute approximate surface area is 161 Å². The highest BCUT2D eigenvalue weighted by molar-refractivity contribution is 5.39. The monoisotopic (exact) mass is 402 g/mol. The number of aromatic nitrogens is 5. The average Bonchev–Trinajstić information content (AvgIpc) is 3.11. The molecular formula is C18H13F3N6O2. The Balaban J connectivity index is 1.45. The van der Waals surface area contributed by atoms with E-state index in [1.54, 1.807) is 36.7 Å². The van der Waals surface area contributed by atoms with Gasteiger partial charge in [-0.1, -0.05) is 12.1 Å². The van der Waals surface area contributed by atoms with Crippen molar-refractivity contribution in [3.8, 4) is 11.5 Å². The van der Waals surface area contributed by atoms with Gasteiger partial charge in [-0.15, -0.1) is 0 Å². The lowest BCUT2D eigenvalue weighted by atomic mass is 10.2. The van der Waals surface area contributed by atoms with Crippen LogP contribution in [-0.4, -0.2) is 24.6 Å². The van der Waals surface area contributed by atoms with Crippen molar-refractivity contribution in [2.75, 3.05) is 5.32 Å². The molecule has 0 saturated heterocycles. The van der Waals surface area contributed by atoms with E-state index in [2.05, 4.69) is 25.4 Å². The number of ether oxygens (including phenoxy) is 1. The first-order valence-corrected chi connectivity index (χ1v) is 8.36. The molecule has 0 aliphatic heterocycles. The summed E-state index contributed by atoms with van der Waals surface area (Å²) in [5.74, 6) is 1.04. The summed E-state index contributed by atoms with van der Waals surface area (Å²) in [7, 11) is 0. The first-order valence-electron chi connectivity index (χ1n) is 8.36. The van der Waals surface area contributed by atoms with E-state index in [0.29, 0.717) is 24.1 Å². The second kappa shape index (κ2) is 7.26.